The first-order valence-electron chi connectivity index (χ1n) is 11.3. The predicted octanol–water partition coefficient (Wildman–Crippen LogP) is 4.35. The molecule has 0 aliphatic carbocycles. The lowest BCUT2D eigenvalue weighted by Gasteiger charge is -2.34. The highest BCUT2D eigenvalue weighted by molar-refractivity contribution is 7.15. The Bertz CT molecular complexity index is 1210. The molecule has 1 saturated heterocycles. The zero-order chi connectivity index (χ0) is 22.6. The van der Waals surface area contributed by atoms with Crippen LogP contribution in [0.25, 0.3) is 16.2 Å². The number of thiazole rings is 1. The highest BCUT2D eigenvalue weighted by atomic mass is 32.1. The van der Waals surface area contributed by atoms with E-state index < -0.39 is 0 Å². The van der Waals surface area contributed by atoms with Gasteiger partial charge in [0.15, 0.2) is 4.96 Å². The molecule has 0 saturated carbocycles. The van der Waals surface area contributed by atoms with E-state index in [-0.39, 0.29) is 5.91 Å². The number of amides is 1. The number of aryl methyl sites for hydroxylation is 1. The summed E-state index contributed by atoms with van der Waals surface area (Å²) >= 11 is 1.62. The molecule has 33 heavy (non-hydrogen) atoms. The van der Waals surface area contributed by atoms with Crippen molar-refractivity contribution >= 4 is 22.2 Å². The van der Waals surface area contributed by atoms with Gasteiger partial charge in [0.05, 0.1) is 12.8 Å². The van der Waals surface area contributed by atoms with Crippen LogP contribution in [0.3, 0.4) is 0 Å². The number of fused-ring (bicyclic) bond motifs is 1. The van der Waals surface area contributed by atoms with Crippen LogP contribution < -0.4 is 4.74 Å². The summed E-state index contributed by atoms with van der Waals surface area (Å²) < 4.78 is 7.36. The van der Waals surface area contributed by atoms with Gasteiger partial charge in [-0.2, -0.15) is 0 Å². The molecule has 5 rings (SSSR count). The van der Waals surface area contributed by atoms with Crippen molar-refractivity contribution in [2.45, 2.75) is 19.4 Å². The molecular weight excluding hydrogens is 432 g/mol. The number of carbonyl (C=O) groups excluding carboxylic acids is 1. The van der Waals surface area contributed by atoms with E-state index in [0.29, 0.717) is 6.42 Å². The Labute approximate surface area is 198 Å². The fourth-order valence-corrected chi connectivity index (χ4v) is 5.21. The number of piperazine rings is 1. The monoisotopic (exact) mass is 460 g/mol. The van der Waals surface area contributed by atoms with Crippen LogP contribution in [0.1, 0.15) is 17.7 Å². The fourth-order valence-electron chi connectivity index (χ4n) is 4.30. The maximum absolute atomic E-state index is 12.9. The average molecular weight is 461 g/mol. The van der Waals surface area contributed by atoms with Crippen LogP contribution in [0.15, 0.2) is 66.2 Å². The van der Waals surface area contributed by atoms with Crippen LogP contribution in [0, 0.1) is 0 Å². The second-order valence-corrected chi connectivity index (χ2v) is 9.21. The summed E-state index contributed by atoms with van der Waals surface area (Å²) in [5, 5.41) is 2.12. The maximum atomic E-state index is 12.9. The summed E-state index contributed by atoms with van der Waals surface area (Å²) in [6.07, 6.45) is 3.32. The van der Waals surface area contributed by atoms with Crippen molar-refractivity contribution in [1.82, 2.24) is 19.2 Å². The van der Waals surface area contributed by atoms with E-state index in [1.807, 2.05) is 35.2 Å². The number of benzene rings is 2. The minimum absolute atomic E-state index is 0.240. The van der Waals surface area contributed by atoms with Gasteiger partial charge in [0, 0.05) is 62.0 Å². The molecule has 0 spiro atoms. The Morgan fingerprint density at radius 3 is 2.52 bits per heavy atom. The first-order chi connectivity index (χ1) is 16.2. The molecule has 0 unspecified atom stereocenters. The summed E-state index contributed by atoms with van der Waals surface area (Å²) in [5.41, 5.74) is 4.46. The molecule has 7 heteroatoms. The summed E-state index contributed by atoms with van der Waals surface area (Å²) in [7, 11) is 1.67. The zero-order valence-electron chi connectivity index (χ0n) is 18.8. The Morgan fingerprint density at radius 2 is 1.79 bits per heavy atom. The summed E-state index contributed by atoms with van der Waals surface area (Å²) in [6.45, 7) is 4.41. The topological polar surface area (TPSA) is 50.1 Å². The van der Waals surface area contributed by atoms with Gasteiger partial charge in [0.25, 0.3) is 0 Å². The highest BCUT2D eigenvalue weighted by Gasteiger charge is 2.21. The van der Waals surface area contributed by atoms with E-state index in [1.165, 1.54) is 5.56 Å². The molecule has 4 aromatic rings. The minimum atomic E-state index is 0.240. The summed E-state index contributed by atoms with van der Waals surface area (Å²) in [5.74, 6) is 1.07. The first-order valence-corrected chi connectivity index (χ1v) is 12.2. The van der Waals surface area contributed by atoms with Crippen LogP contribution in [0.4, 0.5) is 0 Å². The van der Waals surface area contributed by atoms with E-state index in [0.717, 1.165) is 66.8 Å². The van der Waals surface area contributed by atoms with Gasteiger partial charge in [-0.25, -0.2) is 4.98 Å². The van der Waals surface area contributed by atoms with Gasteiger partial charge in [-0.15, -0.1) is 11.3 Å². The van der Waals surface area contributed by atoms with Gasteiger partial charge in [0.2, 0.25) is 5.91 Å². The minimum Gasteiger partial charge on any atom is -0.497 e. The number of aromatic nitrogens is 2. The number of carbonyl (C=O) groups is 1. The third kappa shape index (κ3) is 4.94. The predicted molar refractivity (Wildman–Crippen MR) is 132 cm³/mol. The lowest BCUT2D eigenvalue weighted by Crippen LogP contribution is -2.48. The molecule has 170 valence electrons. The number of rotatable bonds is 7. The van der Waals surface area contributed by atoms with E-state index >= 15 is 0 Å². The molecule has 6 nitrogen and oxygen atoms in total. The Morgan fingerprint density at radius 1 is 1.03 bits per heavy atom. The second kappa shape index (κ2) is 9.77. The van der Waals surface area contributed by atoms with E-state index in [1.54, 1.807) is 18.4 Å². The lowest BCUT2D eigenvalue weighted by molar-refractivity contribution is -0.133. The molecule has 0 bridgehead atoms. The average Bonchev–Trinajstić information content (AvgIpc) is 3.45. The van der Waals surface area contributed by atoms with Gasteiger partial charge < -0.3 is 9.64 Å². The van der Waals surface area contributed by atoms with Crippen molar-refractivity contribution < 1.29 is 9.53 Å². The normalized spacial score (nSPS) is 14.6. The van der Waals surface area contributed by atoms with Gasteiger partial charge in [0.1, 0.15) is 5.75 Å². The SMILES string of the molecule is COc1ccc(-c2cn3c(CCC(=O)N4CCN(Cc5ccccc5)CC4)csc3n2)cc1. The number of nitrogens with zero attached hydrogens (tertiary/aromatic N) is 4. The molecule has 1 fully saturated rings. The molecule has 0 atom stereocenters. The quantitative estimate of drug-likeness (QED) is 0.412. The third-order valence-electron chi connectivity index (χ3n) is 6.24. The van der Waals surface area contributed by atoms with E-state index in [4.69, 9.17) is 9.72 Å². The number of methoxy groups -OCH3 is 1. The molecule has 1 amide bonds. The maximum Gasteiger partial charge on any atom is 0.223 e. The van der Waals surface area contributed by atoms with Crippen molar-refractivity contribution in [2.75, 3.05) is 33.3 Å². The van der Waals surface area contributed by atoms with Crippen molar-refractivity contribution in [1.29, 1.82) is 0 Å². The zero-order valence-corrected chi connectivity index (χ0v) is 19.6. The van der Waals surface area contributed by atoms with Gasteiger partial charge in [-0.3, -0.25) is 14.1 Å². The molecule has 2 aromatic carbocycles. The molecule has 0 radical (unpaired) electrons. The van der Waals surface area contributed by atoms with Crippen molar-refractivity contribution in [2.24, 2.45) is 0 Å². The Balaban J connectivity index is 1.16. The van der Waals surface area contributed by atoms with Gasteiger partial charge >= 0.3 is 0 Å². The van der Waals surface area contributed by atoms with Crippen LogP contribution in [0.5, 0.6) is 5.75 Å². The molecule has 1 aliphatic rings. The second-order valence-electron chi connectivity index (χ2n) is 8.38. The molecular formula is C26H28N4O2S. The first kappa shape index (κ1) is 21.7. The summed E-state index contributed by atoms with van der Waals surface area (Å²) in [4.78, 5) is 23.0. The third-order valence-corrected chi connectivity index (χ3v) is 7.13. The molecule has 1 aliphatic heterocycles. The van der Waals surface area contributed by atoms with Crippen molar-refractivity contribution in [3.05, 3.63) is 77.4 Å². The van der Waals surface area contributed by atoms with Crippen LogP contribution >= 0.6 is 11.3 Å². The van der Waals surface area contributed by atoms with Gasteiger partial charge in [-0.1, -0.05) is 30.3 Å². The molecule has 0 N–H and O–H groups in total. The lowest BCUT2D eigenvalue weighted by atomic mass is 10.1. The van der Waals surface area contributed by atoms with Crippen molar-refractivity contribution in [3.8, 4) is 17.0 Å². The molecule has 2 aromatic heterocycles. The number of hydrogen-bond acceptors (Lipinski definition) is 5. The number of ether oxygens (including phenoxy) is 1. The van der Waals surface area contributed by atoms with Crippen molar-refractivity contribution in [3.63, 3.8) is 0 Å². The van der Waals surface area contributed by atoms with Gasteiger partial charge in [-0.05, 0) is 36.2 Å². The smallest absolute Gasteiger partial charge is 0.223 e. The Kier molecular flexibility index (Phi) is 6.41. The van der Waals surface area contributed by atoms with E-state index in [9.17, 15) is 4.79 Å². The number of imidazole rings is 1. The highest BCUT2D eigenvalue weighted by Crippen LogP contribution is 2.26. The fraction of sp³-hybridized carbons (Fsp3) is 0.308. The Hall–Kier alpha value is -3.16. The number of hydrogen-bond donors (Lipinski definition) is 0. The largest absolute Gasteiger partial charge is 0.497 e. The van der Waals surface area contributed by atoms with E-state index in [2.05, 4.69) is 45.1 Å². The van der Waals surface area contributed by atoms with Crippen LogP contribution in [-0.2, 0) is 17.8 Å². The molecule has 3 heterocycles. The summed E-state index contributed by atoms with van der Waals surface area (Å²) in [6, 6.07) is 18.5. The standard InChI is InChI=1S/C26H28N4O2S/c1-32-23-10-7-21(8-11-23)24-18-30-22(19-33-26(30)27-24)9-12-25(31)29-15-13-28(14-16-29)17-20-5-3-2-4-6-20/h2-8,10-11,18-19H,9,12-17H2,1H3. The van der Waals surface area contributed by atoms with Crippen LogP contribution in [-0.4, -0.2) is 58.4 Å². The van der Waals surface area contributed by atoms with Crippen LogP contribution in [0.2, 0.25) is 0 Å².